The monoisotopic (exact) mass is 169 g/mol. The maximum Gasteiger partial charge on any atom is 1.00 e. The summed E-state index contributed by atoms with van der Waals surface area (Å²) in [7, 11) is 0. The fourth-order valence-corrected chi connectivity index (χ4v) is 1.01. The van der Waals surface area contributed by atoms with Crippen LogP contribution in [0.25, 0.3) is 5.52 Å². The number of carboxylic acids is 1. The number of fused-ring (bicyclic) bond motifs is 1. The molecule has 0 atom stereocenters. The number of carbonyl (C=O) groups is 1. The van der Waals surface area contributed by atoms with Gasteiger partial charge in [0.2, 0.25) is 0 Å². The average Bonchev–Trinajstić information content (AvgIpc) is 2.49. The standard InChI is InChI=1S/C7H5N3O2.Li/c11-7(12)6-3-1-2-5-4-8-9-10(5)6;/h1-4H,(H,11,12);/q;+1/p-1. The largest absolute Gasteiger partial charge is 1.00 e. The minimum absolute atomic E-state index is 0. The van der Waals surface area contributed by atoms with Crippen LogP contribution in [-0.2, 0) is 0 Å². The molecule has 2 heterocycles. The molecule has 0 saturated heterocycles. The van der Waals surface area contributed by atoms with Crippen molar-refractivity contribution < 1.29 is 28.8 Å². The van der Waals surface area contributed by atoms with Gasteiger partial charge in [-0.1, -0.05) is 11.3 Å². The number of rotatable bonds is 1. The van der Waals surface area contributed by atoms with E-state index < -0.39 is 5.97 Å². The molecule has 0 unspecified atom stereocenters. The molecule has 0 radical (unpaired) electrons. The second-order valence-electron chi connectivity index (χ2n) is 2.27. The van der Waals surface area contributed by atoms with Gasteiger partial charge in [0.25, 0.3) is 0 Å². The Morgan fingerprint density at radius 3 is 2.92 bits per heavy atom. The molecule has 60 valence electrons. The third-order valence-electron chi connectivity index (χ3n) is 1.53. The van der Waals surface area contributed by atoms with Crippen LogP contribution in [0.4, 0.5) is 0 Å². The second kappa shape index (κ2) is 3.60. The van der Waals surface area contributed by atoms with E-state index in [2.05, 4.69) is 10.3 Å². The summed E-state index contributed by atoms with van der Waals surface area (Å²) in [6, 6.07) is 4.74. The van der Waals surface area contributed by atoms with Crippen LogP contribution in [0, 0.1) is 0 Å². The van der Waals surface area contributed by atoms with Gasteiger partial charge >= 0.3 is 18.9 Å². The number of carbonyl (C=O) groups excluding carboxylic acids is 1. The van der Waals surface area contributed by atoms with Crippen LogP contribution in [-0.4, -0.2) is 20.8 Å². The zero-order valence-electron chi connectivity index (χ0n) is 6.97. The Hall–Kier alpha value is -1.31. The Bertz CT molecular complexity index is 440. The van der Waals surface area contributed by atoms with Crippen molar-refractivity contribution in [3.8, 4) is 0 Å². The Morgan fingerprint density at radius 2 is 2.23 bits per heavy atom. The third kappa shape index (κ3) is 1.57. The van der Waals surface area contributed by atoms with E-state index in [9.17, 15) is 9.90 Å². The van der Waals surface area contributed by atoms with Gasteiger partial charge in [-0.25, -0.2) is 4.52 Å². The maximum atomic E-state index is 10.5. The molecule has 0 saturated carbocycles. The minimum Gasteiger partial charge on any atom is -0.543 e. The molecule has 0 aliphatic carbocycles. The molecular formula is C7H4LiN3O2. The first-order valence-electron chi connectivity index (χ1n) is 3.30. The zero-order chi connectivity index (χ0) is 8.55. The van der Waals surface area contributed by atoms with E-state index in [-0.39, 0.29) is 24.6 Å². The quantitative estimate of drug-likeness (QED) is 0.409. The van der Waals surface area contributed by atoms with Crippen LogP contribution in [0.3, 0.4) is 0 Å². The molecule has 0 bridgehead atoms. The Morgan fingerprint density at radius 1 is 1.46 bits per heavy atom. The summed E-state index contributed by atoms with van der Waals surface area (Å²) in [5.74, 6) is -1.26. The van der Waals surface area contributed by atoms with E-state index in [1.165, 1.54) is 16.8 Å². The molecule has 13 heavy (non-hydrogen) atoms. The summed E-state index contributed by atoms with van der Waals surface area (Å²) >= 11 is 0. The molecule has 0 spiro atoms. The van der Waals surface area contributed by atoms with Gasteiger partial charge in [0, 0.05) is 0 Å². The first-order valence-corrected chi connectivity index (χ1v) is 3.30. The summed E-state index contributed by atoms with van der Waals surface area (Å²) in [4.78, 5) is 10.5. The predicted octanol–water partition coefficient (Wildman–Crippen LogP) is -3.90. The van der Waals surface area contributed by atoms with Crippen molar-refractivity contribution in [2.24, 2.45) is 0 Å². The van der Waals surface area contributed by atoms with Crippen LogP contribution in [0.2, 0.25) is 0 Å². The van der Waals surface area contributed by atoms with Gasteiger partial charge < -0.3 is 9.90 Å². The number of aromatic carboxylic acids is 1. The molecule has 2 rings (SSSR count). The van der Waals surface area contributed by atoms with Gasteiger partial charge in [0.15, 0.2) is 0 Å². The van der Waals surface area contributed by atoms with Gasteiger partial charge in [0.05, 0.1) is 23.4 Å². The van der Waals surface area contributed by atoms with Crippen molar-refractivity contribution in [1.29, 1.82) is 0 Å². The van der Waals surface area contributed by atoms with Crippen LogP contribution >= 0.6 is 0 Å². The van der Waals surface area contributed by atoms with E-state index in [1.54, 1.807) is 12.1 Å². The maximum absolute atomic E-state index is 10.5. The number of carboxylic acid groups (broad SMARTS) is 1. The van der Waals surface area contributed by atoms with Crippen molar-refractivity contribution in [3.63, 3.8) is 0 Å². The van der Waals surface area contributed by atoms with Crippen LogP contribution in [0.1, 0.15) is 10.5 Å². The van der Waals surface area contributed by atoms with Crippen molar-refractivity contribution in [2.75, 3.05) is 0 Å². The first kappa shape index (κ1) is 9.77. The predicted molar refractivity (Wildman–Crippen MR) is 37.3 cm³/mol. The smallest absolute Gasteiger partial charge is 0.543 e. The van der Waals surface area contributed by atoms with Gasteiger partial charge in [-0.15, -0.1) is 5.10 Å². The van der Waals surface area contributed by atoms with Crippen molar-refractivity contribution in [2.45, 2.75) is 0 Å². The molecule has 0 aromatic carbocycles. The Kier molecular flexibility index (Phi) is 2.71. The number of nitrogens with zero attached hydrogens (tertiary/aromatic N) is 3. The van der Waals surface area contributed by atoms with E-state index in [4.69, 9.17) is 0 Å². The molecule has 6 heteroatoms. The van der Waals surface area contributed by atoms with Crippen LogP contribution < -0.4 is 24.0 Å². The number of hydrogen-bond donors (Lipinski definition) is 0. The molecule has 0 fully saturated rings. The topological polar surface area (TPSA) is 70.3 Å². The molecule has 0 aliphatic rings. The first-order chi connectivity index (χ1) is 5.79. The third-order valence-corrected chi connectivity index (χ3v) is 1.53. The summed E-state index contributed by atoms with van der Waals surface area (Å²) in [6.45, 7) is 0. The van der Waals surface area contributed by atoms with E-state index in [0.29, 0.717) is 5.52 Å². The number of aromatic nitrogens is 3. The van der Waals surface area contributed by atoms with Crippen molar-refractivity contribution >= 4 is 11.5 Å². The van der Waals surface area contributed by atoms with Crippen molar-refractivity contribution in [3.05, 3.63) is 30.1 Å². The number of hydrogen-bond acceptors (Lipinski definition) is 4. The fourth-order valence-electron chi connectivity index (χ4n) is 1.01. The second-order valence-corrected chi connectivity index (χ2v) is 2.27. The minimum atomic E-state index is -1.26. The summed E-state index contributed by atoms with van der Waals surface area (Å²) in [6.07, 6.45) is 1.48. The molecule has 2 aromatic rings. The number of pyridine rings is 1. The van der Waals surface area contributed by atoms with Crippen LogP contribution in [0.5, 0.6) is 0 Å². The van der Waals surface area contributed by atoms with Gasteiger partial charge in [-0.2, -0.15) is 0 Å². The summed E-state index contributed by atoms with van der Waals surface area (Å²) in [5, 5.41) is 17.7. The molecule has 2 aromatic heterocycles. The molecule has 0 N–H and O–H groups in total. The average molecular weight is 169 g/mol. The summed E-state index contributed by atoms with van der Waals surface area (Å²) < 4.78 is 1.22. The van der Waals surface area contributed by atoms with E-state index in [0.717, 1.165) is 0 Å². The molecule has 5 nitrogen and oxygen atoms in total. The van der Waals surface area contributed by atoms with Gasteiger partial charge in [-0.3, -0.25) is 0 Å². The Labute approximate surface area is 85.5 Å². The molecule has 0 aliphatic heterocycles. The van der Waals surface area contributed by atoms with E-state index in [1.807, 2.05) is 0 Å². The SMILES string of the molecule is O=C([O-])c1cccc2cnnn12.[Li+]. The molecule has 0 amide bonds. The van der Waals surface area contributed by atoms with Gasteiger partial charge in [0.1, 0.15) is 0 Å². The van der Waals surface area contributed by atoms with Crippen LogP contribution in [0.15, 0.2) is 24.4 Å². The Balaban J connectivity index is 0.000000845. The fraction of sp³-hybridized carbons (Fsp3) is 0. The zero-order valence-corrected chi connectivity index (χ0v) is 6.97. The van der Waals surface area contributed by atoms with Gasteiger partial charge in [-0.05, 0) is 12.1 Å². The van der Waals surface area contributed by atoms with Crippen molar-refractivity contribution in [1.82, 2.24) is 14.8 Å². The normalized spacial score (nSPS) is 9.54. The summed E-state index contributed by atoms with van der Waals surface area (Å²) in [5.41, 5.74) is 0.640. The molecular weight excluding hydrogens is 165 g/mol. The van der Waals surface area contributed by atoms with E-state index >= 15 is 0 Å².